The van der Waals surface area contributed by atoms with Crippen molar-refractivity contribution in [1.82, 2.24) is 0 Å². The van der Waals surface area contributed by atoms with Crippen LogP contribution in [0.25, 0.3) is 6.08 Å². The highest BCUT2D eigenvalue weighted by Crippen LogP contribution is 2.40. The van der Waals surface area contributed by atoms with Crippen LogP contribution in [0.15, 0.2) is 29.8 Å². The monoisotopic (exact) mass is 285 g/mol. The maximum absolute atomic E-state index is 12.5. The van der Waals surface area contributed by atoms with Crippen LogP contribution in [0.5, 0.6) is 0 Å². The third-order valence-electron chi connectivity index (χ3n) is 4.77. The molecule has 4 nitrogen and oxygen atoms in total. The third kappa shape index (κ3) is 2.89. The molecule has 4 heteroatoms. The van der Waals surface area contributed by atoms with Crippen LogP contribution in [0, 0.1) is 22.0 Å². The summed E-state index contributed by atoms with van der Waals surface area (Å²) >= 11 is 0. The number of carbonyl (C=O) groups excluding carboxylic acids is 1. The molecule has 0 N–H and O–H groups in total. The SMILES string of the molecule is O=C1/C(=C/c2cccc([N+](=O)[O-])c2)CC[C@H]1C1CCCC1. The first-order valence-corrected chi connectivity index (χ1v) is 7.64. The lowest BCUT2D eigenvalue weighted by atomic mass is 9.88. The lowest BCUT2D eigenvalue weighted by Gasteiger charge is -2.15. The molecule has 21 heavy (non-hydrogen) atoms. The minimum absolute atomic E-state index is 0.0714. The fourth-order valence-corrected chi connectivity index (χ4v) is 3.69. The van der Waals surface area contributed by atoms with Crippen LogP contribution < -0.4 is 0 Å². The summed E-state index contributed by atoms with van der Waals surface area (Å²) in [5.74, 6) is 1.03. The van der Waals surface area contributed by atoms with E-state index in [-0.39, 0.29) is 17.4 Å². The first kappa shape index (κ1) is 14.0. The molecular formula is C17H19NO3. The zero-order chi connectivity index (χ0) is 14.8. The molecule has 1 aromatic rings. The van der Waals surface area contributed by atoms with Gasteiger partial charge in [0.05, 0.1) is 4.92 Å². The summed E-state index contributed by atoms with van der Waals surface area (Å²) in [6.45, 7) is 0. The first-order valence-electron chi connectivity index (χ1n) is 7.64. The lowest BCUT2D eigenvalue weighted by molar-refractivity contribution is -0.384. The van der Waals surface area contributed by atoms with Gasteiger partial charge in [-0.25, -0.2) is 0 Å². The van der Waals surface area contributed by atoms with Crippen LogP contribution in [0.1, 0.15) is 44.1 Å². The molecule has 0 aromatic heterocycles. The van der Waals surface area contributed by atoms with Crippen LogP contribution in [-0.2, 0) is 4.79 Å². The minimum atomic E-state index is -0.403. The second-order valence-electron chi connectivity index (χ2n) is 6.08. The molecular weight excluding hydrogens is 266 g/mol. The van der Waals surface area contributed by atoms with Crippen molar-refractivity contribution in [3.63, 3.8) is 0 Å². The Morgan fingerprint density at radius 1 is 1.19 bits per heavy atom. The van der Waals surface area contributed by atoms with Crippen molar-refractivity contribution in [2.45, 2.75) is 38.5 Å². The second kappa shape index (κ2) is 5.80. The Balaban J connectivity index is 1.79. The number of nitro groups is 1. The number of hydrogen-bond acceptors (Lipinski definition) is 3. The Morgan fingerprint density at radius 2 is 1.95 bits per heavy atom. The van der Waals surface area contributed by atoms with Crippen LogP contribution in [0.4, 0.5) is 5.69 Å². The molecule has 3 rings (SSSR count). The molecule has 1 atom stereocenters. The molecule has 0 spiro atoms. The summed E-state index contributed by atoms with van der Waals surface area (Å²) in [7, 11) is 0. The molecule has 110 valence electrons. The van der Waals surface area contributed by atoms with E-state index in [4.69, 9.17) is 0 Å². The summed E-state index contributed by atoms with van der Waals surface area (Å²) < 4.78 is 0. The lowest BCUT2D eigenvalue weighted by Crippen LogP contribution is -2.16. The molecule has 0 heterocycles. The summed E-state index contributed by atoms with van der Waals surface area (Å²) in [5, 5.41) is 10.8. The van der Waals surface area contributed by atoms with E-state index in [1.807, 2.05) is 12.1 Å². The van der Waals surface area contributed by atoms with Gasteiger partial charge in [0.2, 0.25) is 0 Å². The maximum Gasteiger partial charge on any atom is 0.270 e. The summed E-state index contributed by atoms with van der Waals surface area (Å²) in [4.78, 5) is 22.9. The quantitative estimate of drug-likeness (QED) is 0.476. The highest BCUT2D eigenvalue weighted by atomic mass is 16.6. The molecule has 2 fully saturated rings. The number of allylic oxidation sites excluding steroid dienone is 1. The number of hydrogen-bond donors (Lipinski definition) is 0. The van der Waals surface area contributed by atoms with E-state index in [2.05, 4.69) is 0 Å². The van der Waals surface area contributed by atoms with Gasteiger partial charge >= 0.3 is 0 Å². The molecule has 0 radical (unpaired) electrons. The third-order valence-corrected chi connectivity index (χ3v) is 4.77. The van der Waals surface area contributed by atoms with Gasteiger partial charge in [0.25, 0.3) is 5.69 Å². The van der Waals surface area contributed by atoms with E-state index in [9.17, 15) is 14.9 Å². The average Bonchev–Trinajstić information content (AvgIpc) is 3.10. The number of nitrogens with zero attached hydrogens (tertiary/aromatic N) is 1. The Morgan fingerprint density at radius 3 is 2.67 bits per heavy atom. The smallest absolute Gasteiger partial charge is 0.270 e. The molecule has 0 saturated heterocycles. The molecule has 0 amide bonds. The zero-order valence-corrected chi connectivity index (χ0v) is 12.0. The zero-order valence-electron chi connectivity index (χ0n) is 12.0. The summed E-state index contributed by atoms with van der Waals surface area (Å²) in [6, 6.07) is 6.48. The van der Waals surface area contributed by atoms with Gasteiger partial charge in [-0.05, 0) is 48.8 Å². The van der Waals surface area contributed by atoms with Crippen molar-refractivity contribution in [2.24, 2.45) is 11.8 Å². The number of nitro benzene ring substituents is 1. The van der Waals surface area contributed by atoms with Crippen molar-refractivity contribution in [2.75, 3.05) is 0 Å². The summed E-state index contributed by atoms with van der Waals surface area (Å²) in [6.07, 6.45) is 8.45. The maximum atomic E-state index is 12.5. The van der Waals surface area contributed by atoms with E-state index in [0.717, 1.165) is 24.0 Å². The Labute approximate surface area is 124 Å². The van der Waals surface area contributed by atoms with Gasteiger partial charge in [-0.15, -0.1) is 0 Å². The predicted molar refractivity (Wildman–Crippen MR) is 80.8 cm³/mol. The standard InChI is InChI=1S/C17H19NO3/c19-17-14(8-9-16(17)13-5-1-2-6-13)10-12-4-3-7-15(11-12)18(20)21/h3-4,7,10-11,13,16H,1-2,5-6,8-9H2/b14-10+/t16-/m0/s1. The Bertz CT molecular complexity index is 600. The van der Waals surface area contributed by atoms with Gasteiger partial charge in [-0.1, -0.05) is 25.0 Å². The number of benzene rings is 1. The van der Waals surface area contributed by atoms with Crippen molar-refractivity contribution in [1.29, 1.82) is 0 Å². The van der Waals surface area contributed by atoms with E-state index in [0.29, 0.717) is 5.92 Å². The van der Waals surface area contributed by atoms with E-state index in [1.165, 1.54) is 37.8 Å². The first-order chi connectivity index (χ1) is 10.1. The van der Waals surface area contributed by atoms with Gasteiger partial charge in [0, 0.05) is 18.1 Å². The van der Waals surface area contributed by atoms with Gasteiger partial charge in [-0.2, -0.15) is 0 Å². The van der Waals surface area contributed by atoms with Crippen molar-refractivity contribution in [3.8, 4) is 0 Å². The number of ketones is 1. The van der Waals surface area contributed by atoms with Crippen molar-refractivity contribution < 1.29 is 9.72 Å². The fourth-order valence-electron chi connectivity index (χ4n) is 3.69. The van der Waals surface area contributed by atoms with Gasteiger partial charge in [0.15, 0.2) is 5.78 Å². The topological polar surface area (TPSA) is 60.2 Å². The molecule has 0 aliphatic heterocycles. The van der Waals surface area contributed by atoms with Gasteiger partial charge in [-0.3, -0.25) is 14.9 Å². The molecule has 2 saturated carbocycles. The number of Topliss-reactive ketones (excluding diaryl/α,β-unsaturated/α-hetero) is 1. The predicted octanol–water partition coefficient (Wildman–Crippen LogP) is 4.15. The number of carbonyl (C=O) groups is 1. The van der Waals surface area contributed by atoms with Crippen LogP contribution in [0.2, 0.25) is 0 Å². The highest BCUT2D eigenvalue weighted by Gasteiger charge is 2.36. The number of non-ortho nitro benzene ring substituents is 1. The second-order valence-corrected chi connectivity index (χ2v) is 6.08. The van der Waals surface area contributed by atoms with Crippen LogP contribution in [0.3, 0.4) is 0 Å². The van der Waals surface area contributed by atoms with Crippen LogP contribution >= 0.6 is 0 Å². The highest BCUT2D eigenvalue weighted by molar-refractivity contribution is 6.03. The van der Waals surface area contributed by atoms with Crippen LogP contribution in [-0.4, -0.2) is 10.7 Å². The normalized spacial score (nSPS) is 24.9. The van der Waals surface area contributed by atoms with E-state index < -0.39 is 4.92 Å². The van der Waals surface area contributed by atoms with E-state index >= 15 is 0 Å². The summed E-state index contributed by atoms with van der Waals surface area (Å²) in [5.41, 5.74) is 1.66. The largest absolute Gasteiger partial charge is 0.294 e. The van der Waals surface area contributed by atoms with E-state index in [1.54, 1.807) is 6.07 Å². The number of rotatable bonds is 3. The fraction of sp³-hybridized carbons (Fsp3) is 0.471. The Kier molecular flexibility index (Phi) is 3.86. The Hall–Kier alpha value is -1.97. The van der Waals surface area contributed by atoms with Gasteiger partial charge in [0.1, 0.15) is 0 Å². The van der Waals surface area contributed by atoms with Gasteiger partial charge < -0.3 is 0 Å². The molecule has 2 aliphatic carbocycles. The van der Waals surface area contributed by atoms with Crippen molar-refractivity contribution >= 4 is 17.5 Å². The molecule has 1 aromatic carbocycles. The molecule has 0 bridgehead atoms. The minimum Gasteiger partial charge on any atom is -0.294 e. The average molecular weight is 285 g/mol. The molecule has 2 aliphatic rings. The molecule has 0 unspecified atom stereocenters. The van der Waals surface area contributed by atoms with Crippen molar-refractivity contribution in [3.05, 3.63) is 45.5 Å².